The van der Waals surface area contributed by atoms with Gasteiger partial charge in [0.2, 0.25) is 0 Å². The first-order valence-electron chi connectivity index (χ1n) is 7.49. The molecule has 0 radical (unpaired) electrons. The third-order valence-electron chi connectivity index (χ3n) is 3.62. The number of hydrogen-bond donors (Lipinski definition) is 0. The first-order valence-corrected chi connectivity index (χ1v) is 8.25. The van der Waals surface area contributed by atoms with E-state index in [4.69, 9.17) is 32.4 Å². The topological polar surface area (TPSA) is 39.4 Å². The minimum absolute atomic E-state index is 0.124. The maximum atomic E-state index is 12.2. The zero-order chi connectivity index (χ0) is 17.8. The first kappa shape index (κ1) is 17.3. The Morgan fingerprint density at radius 3 is 2.52 bits per heavy atom. The number of furan rings is 1. The van der Waals surface area contributed by atoms with E-state index in [2.05, 4.69) is 0 Å². The predicted molar refractivity (Wildman–Crippen MR) is 101 cm³/mol. The highest BCUT2D eigenvalue weighted by molar-refractivity contribution is 6.43. The Morgan fingerprint density at radius 2 is 1.80 bits per heavy atom. The Bertz CT molecular complexity index is 924. The Balaban J connectivity index is 1.77. The lowest BCUT2D eigenvalue weighted by atomic mass is 10.1. The first-order chi connectivity index (χ1) is 12.1. The molecule has 0 fully saturated rings. The molecule has 3 aromatic rings. The second kappa shape index (κ2) is 7.60. The molecule has 0 aliphatic rings. The number of carbonyl (C=O) groups excluding carboxylic acids is 1. The predicted octanol–water partition coefficient (Wildman–Crippen LogP) is 6.16. The number of rotatable bonds is 5. The van der Waals surface area contributed by atoms with Gasteiger partial charge in [0.05, 0.1) is 17.2 Å². The second-order valence-corrected chi connectivity index (χ2v) is 6.01. The molecule has 0 saturated carbocycles. The van der Waals surface area contributed by atoms with Crippen LogP contribution >= 0.6 is 23.2 Å². The van der Waals surface area contributed by atoms with Crippen molar-refractivity contribution in [2.75, 3.05) is 7.11 Å². The van der Waals surface area contributed by atoms with E-state index >= 15 is 0 Å². The molecule has 0 spiro atoms. The monoisotopic (exact) mass is 372 g/mol. The quantitative estimate of drug-likeness (QED) is 0.397. The third-order valence-corrected chi connectivity index (χ3v) is 4.44. The Hall–Kier alpha value is -2.49. The fourth-order valence-electron chi connectivity index (χ4n) is 2.29. The fourth-order valence-corrected chi connectivity index (χ4v) is 2.68. The van der Waals surface area contributed by atoms with Crippen LogP contribution in [0.2, 0.25) is 10.0 Å². The smallest absolute Gasteiger partial charge is 0.185 e. The maximum Gasteiger partial charge on any atom is 0.185 e. The molecule has 0 aliphatic heterocycles. The molecule has 0 saturated heterocycles. The van der Waals surface area contributed by atoms with Crippen LogP contribution in [0.15, 0.2) is 65.1 Å². The van der Waals surface area contributed by atoms with E-state index in [0.29, 0.717) is 38.4 Å². The number of carbonyl (C=O) groups is 1. The summed E-state index contributed by atoms with van der Waals surface area (Å²) in [6.07, 6.45) is 3.08. The van der Waals surface area contributed by atoms with Crippen LogP contribution in [0.5, 0.6) is 5.75 Å². The molecule has 3 nitrogen and oxygen atoms in total. The van der Waals surface area contributed by atoms with Gasteiger partial charge in [0.15, 0.2) is 5.78 Å². The van der Waals surface area contributed by atoms with Gasteiger partial charge in [0.25, 0.3) is 0 Å². The average molecular weight is 373 g/mol. The van der Waals surface area contributed by atoms with Crippen LogP contribution < -0.4 is 4.74 Å². The molecule has 1 heterocycles. The molecule has 0 amide bonds. The normalized spacial score (nSPS) is 11.0. The van der Waals surface area contributed by atoms with Gasteiger partial charge in [-0.3, -0.25) is 4.79 Å². The molecule has 126 valence electrons. The van der Waals surface area contributed by atoms with E-state index in [1.165, 1.54) is 6.08 Å². The summed E-state index contributed by atoms with van der Waals surface area (Å²) in [5.41, 5.74) is 1.28. The molecule has 1 aromatic heterocycles. The Morgan fingerprint density at radius 1 is 1.04 bits per heavy atom. The van der Waals surface area contributed by atoms with Crippen molar-refractivity contribution in [2.24, 2.45) is 0 Å². The number of ketones is 1. The molecule has 3 rings (SSSR count). The number of ether oxygens (including phenoxy) is 1. The van der Waals surface area contributed by atoms with Crippen LogP contribution in [0, 0.1) is 0 Å². The molecule has 5 heteroatoms. The highest BCUT2D eigenvalue weighted by Crippen LogP contribution is 2.34. The van der Waals surface area contributed by atoms with E-state index in [1.807, 2.05) is 6.07 Å². The van der Waals surface area contributed by atoms with Crippen molar-refractivity contribution >= 4 is 35.1 Å². The lowest BCUT2D eigenvalue weighted by Crippen LogP contribution is -1.93. The lowest BCUT2D eigenvalue weighted by molar-refractivity contribution is 0.104. The number of benzene rings is 2. The summed E-state index contributed by atoms with van der Waals surface area (Å²) in [4.78, 5) is 12.2. The van der Waals surface area contributed by atoms with Crippen molar-refractivity contribution < 1.29 is 13.9 Å². The van der Waals surface area contributed by atoms with Gasteiger partial charge in [-0.25, -0.2) is 0 Å². The fraction of sp³-hybridized carbons (Fsp3) is 0.0500. The number of allylic oxidation sites excluding steroid dienone is 1. The van der Waals surface area contributed by atoms with E-state index in [9.17, 15) is 4.79 Å². The van der Waals surface area contributed by atoms with Crippen LogP contribution in [-0.4, -0.2) is 12.9 Å². The molecule has 0 atom stereocenters. The van der Waals surface area contributed by atoms with E-state index < -0.39 is 0 Å². The van der Waals surface area contributed by atoms with Crippen molar-refractivity contribution in [3.8, 4) is 17.1 Å². The molecule has 0 N–H and O–H groups in total. The zero-order valence-electron chi connectivity index (χ0n) is 13.3. The van der Waals surface area contributed by atoms with Crippen molar-refractivity contribution in [1.29, 1.82) is 0 Å². The number of hydrogen-bond acceptors (Lipinski definition) is 3. The van der Waals surface area contributed by atoms with Crippen molar-refractivity contribution in [3.63, 3.8) is 0 Å². The van der Waals surface area contributed by atoms with Crippen molar-refractivity contribution in [1.82, 2.24) is 0 Å². The molecular formula is C20H14Cl2O3. The Kier molecular flexibility index (Phi) is 5.27. The van der Waals surface area contributed by atoms with Crippen LogP contribution in [-0.2, 0) is 0 Å². The van der Waals surface area contributed by atoms with Crippen LogP contribution in [0.25, 0.3) is 17.4 Å². The summed E-state index contributed by atoms with van der Waals surface area (Å²) >= 11 is 12.2. The molecule has 0 aliphatic carbocycles. The largest absolute Gasteiger partial charge is 0.497 e. The molecule has 25 heavy (non-hydrogen) atoms. The van der Waals surface area contributed by atoms with Gasteiger partial charge in [-0.05, 0) is 60.7 Å². The lowest BCUT2D eigenvalue weighted by Gasteiger charge is -2.02. The summed E-state index contributed by atoms with van der Waals surface area (Å²) in [5.74, 6) is 1.72. The summed E-state index contributed by atoms with van der Waals surface area (Å²) in [7, 11) is 1.58. The van der Waals surface area contributed by atoms with Gasteiger partial charge in [0, 0.05) is 11.1 Å². The van der Waals surface area contributed by atoms with Gasteiger partial charge >= 0.3 is 0 Å². The van der Waals surface area contributed by atoms with Crippen LogP contribution in [0.4, 0.5) is 0 Å². The second-order valence-electron chi connectivity index (χ2n) is 5.23. The van der Waals surface area contributed by atoms with Gasteiger partial charge < -0.3 is 9.15 Å². The standard InChI is InChI=1S/C20H14Cl2O3/c1-24-14-7-5-13(6-8-14)18(23)11-9-15-10-12-19(25-15)16-3-2-4-17(21)20(16)22/h2-12H,1H3/b11-9+. The number of halogens is 2. The van der Waals surface area contributed by atoms with Crippen LogP contribution in [0.3, 0.4) is 0 Å². The highest BCUT2D eigenvalue weighted by atomic mass is 35.5. The summed E-state index contributed by atoms with van der Waals surface area (Å²) in [6, 6.07) is 15.8. The Labute approximate surface area is 155 Å². The maximum absolute atomic E-state index is 12.2. The zero-order valence-corrected chi connectivity index (χ0v) is 14.8. The van der Waals surface area contributed by atoms with Gasteiger partial charge in [0.1, 0.15) is 17.3 Å². The summed E-state index contributed by atoms with van der Waals surface area (Å²) in [5, 5.41) is 0.894. The molecule has 2 aromatic carbocycles. The van der Waals surface area contributed by atoms with Gasteiger partial charge in [-0.2, -0.15) is 0 Å². The SMILES string of the molecule is COc1ccc(C(=O)/C=C/c2ccc(-c3cccc(Cl)c3Cl)o2)cc1. The molecule has 0 bridgehead atoms. The van der Waals surface area contributed by atoms with E-state index in [-0.39, 0.29) is 5.78 Å². The van der Waals surface area contributed by atoms with Crippen molar-refractivity contribution in [3.05, 3.63) is 82.0 Å². The summed E-state index contributed by atoms with van der Waals surface area (Å²) < 4.78 is 10.8. The van der Waals surface area contributed by atoms with E-state index in [0.717, 1.165) is 0 Å². The minimum Gasteiger partial charge on any atom is -0.497 e. The molecule has 0 unspecified atom stereocenters. The minimum atomic E-state index is -0.124. The number of methoxy groups -OCH3 is 1. The van der Waals surface area contributed by atoms with Gasteiger partial charge in [-0.15, -0.1) is 0 Å². The van der Waals surface area contributed by atoms with E-state index in [1.54, 1.807) is 61.7 Å². The van der Waals surface area contributed by atoms with Gasteiger partial charge in [-0.1, -0.05) is 29.3 Å². The van der Waals surface area contributed by atoms with Crippen molar-refractivity contribution in [2.45, 2.75) is 0 Å². The molecular weight excluding hydrogens is 359 g/mol. The summed E-state index contributed by atoms with van der Waals surface area (Å²) in [6.45, 7) is 0. The third kappa shape index (κ3) is 3.95. The highest BCUT2D eigenvalue weighted by Gasteiger charge is 2.10. The average Bonchev–Trinajstić information content (AvgIpc) is 3.11. The van der Waals surface area contributed by atoms with Crippen LogP contribution in [0.1, 0.15) is 16.1 Å².